The fourth-order valence-corrected chi connectivity index (χ4v) is 1.37. The first-order valence-corrected chi connectivity index (χ1v) is 4.48. The molecule has 0 aromatic heterocycles. The third-order valence-electron chi connectivity index (χ3n) is 2.08. The van der Waals surface area contributed by atoms with Crippen LogP contribution in [0.15, 0.2) is 18.2 Å². The number of nitrogens with two attached hydrogens (primary N) is 2. The normalized spacial score (nSPS) is 11.7. The van der Waals surface area contributed by atoms with Crippen molar-refractivity contribution in [3.05, 3.63) is 29.6 Å². The molecule has 0 aliphatic rings. The molecule has 1 aromatic carbocycles. The van der Waals surface area contributed by atoms with Crippen LogP contribution in [0.3, 0.4) is 0 Å². The lowest BCUT2D eigenvalue weighted by Gasteiger charge is -2.15. The van der Waals surface area contributed by atoms with Crippen molar-refractivity contribution in [2.75, 3.05) is 13.7 Å². The number of rotatable bonds is 4. The maximum absolute atomic E-state index is 13.2. The van der Waals surface area contributed by atoms with E-state index in [-0.39, 0.29) is 24.2 Å². The van der Waals surface area contributed by atoms with Crippen LogP contribution in [-0.4, -0.2) is 13.7 Å². The van der Waals surface area contributed by atoms with Crippen LogP contribution in [0, 0.1) is 5.82 Å². The van der Waals surface area contributed by atoms with E-state index >= 15 is 0 Å². The summed E-state index contributed by atoms with van der Waals surface area (Å²) in [6, 6.07) is 4.44. The van der Waals surface area contributed by atoms with Crippen LogP contribution in [0.1, 0.15) is 18.0 Å². The highest BCUT2D eigenvalue weighted by molar-refractivity contribution is 5.85. The van der Waals surface area contributed by atoms with Gasteiger partial charge in [-0.3, -0.25) is 0 Å². The van der Waals surface area contributed by atoms with E-state index in [0.29, 0.717) is 18.5 Å². The molecule has 0 heterocycles. The maximum Gasteiger partial charge on any atom is 0.165 e. The van der Waals surface area contributed by atoms with Gasteiger partial charge in [0.05, 0.1) is 7.11 Å². The van der Waals surface area contributed by atoms with Crippen molar-refractivity contribution in [1.82, 2.24) is 0 Å². The van der Waals surface area contributed by atoms with Gasteiger partial charge in [-0.25, -0.2) is 4.39 Å². The third kappa shape index (κ3) is 3.34. The van der Waals surface area contributed by atoms with Crippen molar-refractivity contribution in [2.45, 2.75) is 12.5 Å². The summed E-state index contributed by atoms with van der Waals surface area (Å²) in [6.07, 6.45) is 0.611. The van der Waals surface area contributed by atoms with E-state index in [2.05, 4.69) is 0 Å². The fraction of sp³-hybridized carbons (Fsp3) is 0.400. The zero-order chi connectivity index (χ0) is 10.6. The van der Waals surface area contributed by atoms with E-state index in [1.807, 2.05) is 0 Å². The van der Waals surface area contributed by atoms with Gasteiger partial charge in [0, 0.05) is 11.6 Å². The van der Waals surface area contributed by atoms with Crippen molar-refractivity contribution >= 4 is 12.4 Å². The zero-order valence-corrected chi connectivity index (χ0v) is 9.39. The molecule has 0 aliphatic heterocycles. The molecule has 0 saturated carbocycles. The molecule has 15 heavy (non-hydrogen) atoms. The Bertz CT molecular complexity index is 309. The molecule has 86 valence electrons. The van der Waals surface area contributed by atoms with Gasteiger partial charge in [0.15, 0.2) is 11.6 Å². The predicted molar refractivity (Wildman–Crippen MR) is 60.8 cm³/mol. The van der Waals surface area contributed by atoms with Gasteiger partial charge in [-0.1, -0.05) is 12.1 Å². The van der Waals surface area contributed by atoms with Crippen LogP contribution < -0.4 is 16.2 Å². The number of ether oxygens (including phenoxy) is 1. The van der Waals surface area contributed by atoms with Crippen molar-refractivity contribution in [1.29, 1.82) is 0 Å². The molecule has 3 nitrogen and oxygen atoms in total. The molecule has 4 N–H and O–H groups in total. The number of para-hydroxylation sites is 1. The smallest absolute Gasteiger partial charge is 0.165 e. The van der Waals surface area contributed by atoms with Crippen LogP contribution in [0.25, 0.3) is 0 Å². The first-order chi connectivity index (χ1) is 6.70. The van der Waals surface area contributed by atoms with Gasteiger partial charge in [0.1, 0.15) is 0 Å². The number of methoxy groups -OCH3 is 1. The lowest BCUT2D eigenvalue weighted by atomic mass is 10.0. The summed E-state index contributed by atoms with van der Waals surface area (Å²) < 4.78 is 18.2. The first kappa shape index (κ1) is 14.2. The Labute approximate surface area is 95.0 Å². The number of benzene rings is 1. The van der Waals surface area contributed by atoms with Gasteiger partial charge in [-0.05, 0) is 19.0 Å². The Kier molecular flexibility index (Phi) is 6.24. The minimum atomic E-state index is -0.391. The lowest BCUT2D eigenvalue weighted by Crippen LogP contribution is -2.16. The summed E-state index contributed by atoms with van der Waals surface area (Å²) in [5, 5.41) is 0. The highest BCUT2D eigenvalue weighted by Crippen LogP contribution is 2.27. The molecule has 0 spiro atoms. The lowest BCUT2D eigenvalue weighted by molar-refractivity contribution is 0.377. The van der Waals surface area contributed by atoms with Gasteiger partial charge in [0.2, 0.25) is 0 Å². The summed E-state index contributed by atoms with van der Waals surface area (Å²) in [4.78, 5) is 0. The molecule has 0 bridgehead atoms. The van der Waals surface area contributed by atoms with Crippen molar-refractivity contribution in [2.24, 2.45) is 11.5 Å². The Hall–Kier alpha value is -0.840. The van der Waals surface area contributed by atoms with Crippen LogP contribution in [0.2, 0.25) is 0 Å². The second kappa shape index (κ2) is 6.61. The predicted octanol–water partition coefficient (Wildman–Crippen LogP) is 1.60. The van der Waals surface area contributed by atoms with Crippen molar-refractivity contribution < 1.29 is 9.13 Å². The zero-order valence-electron chi connectivity index (χ0n) is 8.57. The molecule has 1 aromatic rings. The molecule has 1 atom stereocenters. The fourth-order valence-electron chi connectivity index (χ4n) is 1.37. The van der Waals surface area contributed by atoms with Crippen molar-refractivity contribution in [3.8, 4) is 5.75 Å². The number of hydrogen-bond acceptors (Lipinski definition) is 3. The molecule has 0 unspecified atom stereocenters. The second-order valence-corrected chi connectivity index (χ2v) is 3.05. The molecule has 0 fully saturated rings. The van der Waals surface area contributed by atoms with Gasteiger partial charge < -0.3 is 16.2 Å². The van der Waals surface area contributed by atoms with E-state index in [0.717, 1.165) is 0 Å². The van der Waals surface area contributed by atoms with Crippen LogP contribution in [0.5, 0.6) is 5.75 Å². The second-order valence-electron chi connectivity index (χ2n) is 3.05. The monoisotopic (exact) mass is 234 g/mol. The van der Waals surface area contributed by atoms with Crippen molar-refractivity contribution in [3.63, 3.8) is 0 Å². The summed E-state index contributed by atoms with van der Waals surface area (Å²) in [7, 11) is 1.43. The molecule has 0 saturated heterocycles. The van der Waals surface area contributed by atoms with E-state index in [9.17, 15) is 4.39 Å². The van der Waals surface area contributed by atoms with Gasteiger partial charge >= 0.3 is 0 Å². The van der Waals surface area contributed by atoms with Crippen LogP contribution >= 0.6 is 12.4 Å². The minimum Gasteiger partial charge on any atom is -0.493 e. The highest BCUT2D eigenvalue weighted by Gasteiger charge is 2.14. The Morgan fingerprint density at radius 2 is 2.13 bits per heavy atom. The molecular weight excluding hydrogens is 219 g/mol. The molecular formula is C10H16ClFN2O. The van der Waals surface area contributed by atoms with E-state index in [1.54, 1.807) is 12.1 Å². The Balaban J connectivity index is 0.00000196. The summed E-state index contributed by atoms with van der Waals surface area (Å²) >= 11 is 0. The standard InChI is InChI=1S/C10H15FN2O.ClH/c1-14-10-7(9(13)5-6-12)3-2-4-8(10)11;/h2-4,9H,5-6,12-13H2,1H3;1H/t9-;/m0./s1. The van der Waals surface area contributed by atoms with E-state index < -0.39 is 5.82 Å². The summed E-state index contributed by atoms with van der Waals surface area (Å²) in [5.41, 5.74) is 11.9. The van der Waals surface area contributed by atoms with Gasteiger partial charge in [0.25, 0.3) is 0 Å². The largest absolute Gasteiger partial charge is 0.493 e. The van der Waals surface area contributed by atoms with Crippen LogP contribution in [0.4, 0.5) is 4.39 Å². The molecule has 0 radical (unpaired) electrons. The van der Waals surface area contributed by atoms with Crippen LogP contribution in [-0.2, 0) is 0 Å². The Morgan fingerprint density at radius 1 is 1.47 bits per heavy atom. The molecule has 5 heteroatoms. The molecule has 0 aliphatic carbocycles. The average molecular weight is 235 g/mol. The van der Waals surface area contributed by atoms with E-state index in [1.165, 1.54) is 13.2 Å². The Morgan fingerprint density at radius 3 is 2.67 bits per heavy atom. The first-order valence-electron chi connectivity index (χ1n) is 4.48. The average Bonchev–Trinajstić information content (AvgIpc) is 2.17. The molecule has 0 amide bonds. The van der Waals surface area contributed by atoms with Gasteiger partial charge in [-0.2, -0.15) is 0 Å². The minimum absolute atomic E-state index is 0. The summed E-state index contributed by atoms with van der Waals surface area (Å²) in [5.74, 6) is -0.175. The topological polar surface area (TPSA) is 61.3 Å². The maximum atomic E-state index is 13.2. The SMILES string of the molecule is COc1c(F)cccc1[C@@H](N)CCN.Cl. The quantitative estimate of drug-likeness (QED) is 0.832. The summed E-state index contributed by atoms with van der Waals surface area (Å²) in [6.45, 7) is 0.473. The third-order valence-corrected chi connectivity index (χ3v) is 2.08. The van der Waals surface area contributed by atoms with Gasteiger partial charge in [-0.15, -0.1) is 12.4 Å². The molecule has 1 rings (SSSR count). The number of halogens is 2. The number of hydrogen-bond donors (Lipinski definition) is 2. The highest BCUT2D eigenvalue weighted by atomic mass is 35.5. The van der Waals surface area contributed by atoms with E-state index in [4.69, 9.17) is 16.2 Å².